The number of fused-ring (bicyclic) bond motifs is 1. The van der Waals surface area contributed by atoms with Crippen molar-refractivity contribution in [2.24, 2.45) is 5.92 Å². The Morgan fingerprint density at radius 1 is 1.22 bits per heavy atom. The Labute approximate surface area is 186 Å². The van der Waals surface area contributed by atoms with Gasteiger partial charge in [-0.1, -0.05) is 0 Å². The molecule has 9 nitrogen and oxygen atoms in total. The number of aromatic amines is 1. The lowest BCUT2D eigenvalue weighted by Gasteiger charge is -2.31. The zero-order chi connectivity index (χ0) is 22.8. The molecule has 0 saturated carbocycles. The molecule has 0 aliphatic carbocycles. The van der Waals surface area contributed by atoms with E-state index in [1.165, 1.54) is 0 Å². The first-order valence-corrected chi connectivity index (χ1v) is 11.3. The first-order chi connectivity index (χ1) is 15.3. The zero-order valence-corrected chi connectivity index (χ0v) is 18.9. The van der Waals surface area contributed by atoms with Crippen LogP contribution in [0, 0.1) is 12.8 Å². The fourth-order valence-corrected chi connectivity index (χ4v) is 4.24. The molecule has 0 unspecified atom stereocenters. The van der Waals surface area contributed by atoms with Crippen LogP contribution in [0.3, 0.4) is 0 Å². The number of Topliss-reactive ketones (excluding diaryl/α,β-unsaturated/α-hetero) is 1. The number of rotatable bonds is 7. The van der Waals surface area contributed by atoms with E-state index in [1.54, 1.807) is 21.5 Å². The molecule has 1 saturated heterocycles. The Balaban J connectivity index is 1.25. The smallest absolute Gasteiger partial charge is 0.275 e. The van der Waals surface area contributed by atoms with Gasteiger partial charge in [-0.3, -0.25) is 19.1 Å². The fraction of sp³-hybridized carbons (Fsp3) is 0.522. The van der Waals surface area contributed by atoms with Gasteiger partial charge in [-0.25, -0.2) is 4.52 Å². The summed E-state index contributed by atoms with van der Waals surface area (Å²) in [6, 6.07) is 2.02. The number of piperidine rings is 1. The Morgan fingerprint density at radius 3 is 2.66 bits per heavy atom. The molecule has 3 aromatic rings. The average molecular weight is 439 g/mol. The number of hydrogen-bond acceptors (Lipinski definition) is 5. The van der Waals surface area contributed by atoms with E-state index in [4.69, 9.17) is 0 Å². The summed E-state index contributed by atoms with van der Waals surface area (Å²) in [5.74, 6) is 0.727. The molecule has 1 aliphatic heterocycles. The third-order valence-corrected chi connectivity index (χ3v) is 6.09. The number of H-pyrrole nitrogens is 1. The molecule has 4 heterocycles. The lowest BCUT2D eigenvalue weighted by molar-refractivity contribution is -0.132. The zero-order valence-electron chi connectivity index (χ0n) is 18.9. The van der Waals surface area contributed by atoms with E-state index in [0.717, 1.165) is 5.56 Å². The summed E-state index contributed by atoms with van der Waals surface area (Å²) in [5.41, 5.74) is 1.99. The number of likely N-dealkylation sites (tertiary alicyclic amines) is 1. The van der Waals surface area contributed by atoms with Crippen LogP contribution in [0.5, 0.6) is 0 Å². The van der Waals surface area contributed by atoms with Crippen molar-refractivity contribution in [1.29, 1.82) is 0 Å². The van der Waals surface area contributed by atoms with Crippen LogP contribution in [0.2, 0.25) is 0 Å². The molecule has 0 bridgehead atoms. The number of amides is 1. The van der Waals surface area contributed by atoms with Gasteiger partial charge in [0, 0.05) is 50.3 Å². The first kappa shape index (κ1) is 22.0. The largest absolute Gasteiger partial charge is 0.343 e. The Kier molecular flexibility index (Phi) is 6.25. The number of nitrogens with one attached hydrogen (secondary N) is 1. The summed E-state index contributed by atoms with van der Waals surface area (Å²) < 4.78 is 3.39. The second kappa shape index (κ2) is 9.10. The highest BCUT2D eigenvalue weighted by Crippen LogP contribution is 2.23. The second-order valence-corrected chi connectivity index (χ2v) is 8.92. The van der Waals surface area contributed by atoms with Crippen molar-refractivity contribution in [3.63, 3.8) is 0 Å². The molecule has 0 atom stereocenters. The number of carbonyl (C=O) groups is 2. The molecule has 0 spiro atoms. The molecule has 32 heavy (non-hydrogen) atoms. The molecule has 0 aromatic carbocycles. The maximum Gasteiger partial charge on any atom is 0.275 e. The number of aromatic nitrogens is 5. The van der Waals surface area contributed by atoms with Gasteiger partial charge in [0.1, 0.15) is 11.3 Å². The average Bonchev–Trinajstić information content (AvgIpc) is 3.40. The third-order valence-electron chi connectivity index (χ3n) is 6.09. The van der Waals surface area contributed by atoms with Crippen molar-refractivity contribution in [3.8, 4) is 0 Å². The fourth-order valence-electron chi connectivity index (χ4n) is 4.24. The van der Waals surface area contributed by atoms with E-state index in [0.29, 0.717) is 62.1 Å². The van der Waals surface area contributed by atoms with Gasteiger partial charge in [0.05, 0.1) is 11.8 Å². The van der Waals surface area contributed by atoms with E-state index in [9.17, 15) is 14.4 Å². The van der Waals surface area contributed by atoms with Gasteiger partial charge in [0.2, 0.25) is 5.91 Å². The Hall–Kier alpha value is -3.23. The molecule has 1 N–H and O–H groups in total. The van der Waals surface area contributed by atoms with E-state index >= 15 is 0 Å². The van der Waals surface area contributed by atoms with E-state index in [-0.39, 0.29) is 29.2 Å². The van der Waals surface area contributed by atoms with E-state index in [2.05, 4.69) is 15.2 Å². The summed E-state index contributed by atoms with van der Waals surface area (Å²) in [6.07, 6.45) is 8.17. The van der Waals surface area contributed by atoms with Gasteiger partial charge >= 0.3 is 0 Å². The maximum atomic E-state index is 12.8. The molecule has 0 radical (unpaired) electrons. The Bertz CT molecular complexity index is 1180. The highest BCUT2D eigenvalue weighted by molar-refractivity contribution is 5.97. The summed E-state index contributed by atoms with van der Waals surface area (Å²) in [5, 5.41) is 8.69. The van der Waals surface area contributed by atoms with Crippen LogP contribution in [0.1, 0.15) is 67.3 Å². The topological polar surface area (TPSA) is 105 Å². The van der Waals surface area contributed by atoms with Crippen LogP contribution >= 0.6 is 0 Å². The monoisotopic (exact) mass is 438 g/mol. The van der Waals surface area contributed by atoms with Gasteiger partial charge in [-0.15, -0.1) is 0 Å². The number of hydrogen-bond donors (Lipinski definition) is 1. The number of ketones is 1. The molecule has 9 heteroatoms. The summed E-state index contributed by atoms with van der Waals surface area (Å²) >= 11 is 0. The molecular formula is C23H30N6O3. The highest BCUT2D eigenvalue weighted by atomic mass is 16.2. The highest BCUT2D eigenvalue weighted by Gasteiger charge is 2.28. The molecule has 4 rings (SSSR count). The van der Waals surface area contributed by atoms with Crippen LogP contribution in [0.25, 0.3) is 5.52 Å². The SMILES string of the molecule is Cc1cc2c(=O)[nH]c(CCCC(=O)N3CCC(C(=O)c4cnn(C(C)C)c4)CC3)nn2c1. The standard InChI is InChI=1S/C23H30N6O3/c1-15(2)28-14-18(12-24-28)22(31)17-7-9-27(10-8-17)21(30)6-4-5-20-25-23(32)19-11-16(3)13-29(19)26-20/h11-15,17H,4-10H2,1-3H3,(H,25,26,32). The number of carbonyl (C=O) groups excluding carboxylic acids is 2. The first-order valence-electron chi connectivity index (χ1n) is 11.3. The molecular weight excluding hydrogens is 408 g/mol. The minimum absolute atomic E-state index is 0.0603. The van der Waals surface area contributed by atoms with Gasteiger partial charge in [-0.05, 0) is 51.7 Å². The third kappa shape index (κ3) is 4.66. The van der Waals surface area contributed by atoms with Crippen molar-refractivity contribution < 1.29 is 9.59 Å². The van der Waals surface area contributed by atoms with E-state index in [1.807, 2.05) is 38.1 Å². The lowest BCUT2D eigenvalue weighted by Crippen LogP contribution is -2.40. The van der Waals surface area contributed by atoms with Crippen molar-refractivity contribution in [2.45, 2.75) is 58.9 Å². The van der Waals surface area contributed by atoms with Gasteiger partial charge in [0.15, 0.2) is 5.78 Å². The summed E-state index contributed by atoms with van der Waals surface area (Å²) in [6.45, 7) is 7.16. The second-order valence-electron chi connectivity index (χ2n) is 8.92. The molecule has 170 valence electrons. The Morgan fingerprint density at radius 2 is 1.97 bits per heavy atom. The maximum absolute atomic E-state index is 12.8. The summed E-state index contributed by atoms with van der Waals surface area (Å²) in [4.78, 5) is 42.2. The molecule has 3 aromatic heterocycles. The lowest BCUT2D eigenvalue weighted by atomic mass is 9.90. The van der Waals surface area contributed by atoms with Crippen molar-refractivity contribution in [2.75, 3.05) is 13.1 Å². The van der Waals surface area contributed by atoms with Gasteiger partial charge in [-0.2, -0.15) is 10.2 Å². The molecule has 1 aliphatic rings. The summed E-state index contributed by atoms with van der Waals surface area (Å²) in [7, 11) is 0. The molecule has 1 fully saturated rings. The van der Waals surface area contributed by atoms with Crippen LogP contribution in [0.4, 0.5) is 0 Å². The van der Waals surface area contributed by atoms with Gasteiger partial charge < -0.3 is 9.88 Å². The van der Waals surface area contributed by atoms with E-state index < -0.39 is 0 Å². The number of nitrogens with zero attached hydrogens (tertiary/aromatic N) is 5. The van der Waals surface area contributed by atoms with Crippen molar-refractivity contribution >= 4 is 17.2 Å². The number of aryl methyl sites for hydroxylation is 2. The predicted molar refractivity (Wildman–Crippen MR) is 120 cm³/mol. The van der Waals surface area contributed by atoms with Crippen LogP contribution in [-0.4, -0.2) is 54.1 Å². The van der Waals surface area contributed by atoms with Crippen molar-refractivity contribution in [1.82, 2.24) is 29.3 Å². The van der Waals surface area contributed by atoms with Crippen LogP contribution in [-0.2, 0) is 11.2 Å². The minimum atomic E-state index is -0.167. The predicted octanol–water partition coefficient (Wildman–Crippen LogP) is 2.55. The minimum Gasteiger partial charge on any atom is -0.343 e. The van der Waals surface area contributed by atoms with Crippen LogP contribution < -0.4 is 5.56 Å². The quantitative estimate of drug-likeness (QED) is 0.571. The van der Waals surface area contributed by atoms with Crippen molar-refractivity contribution in [3.05, 3.63) is 52.0 Å². The van der Waals surface area contributed by atoms with Gasteiger partial charge in [0.25, 0.3) is 5.56 Å². The van der Waals surface area contributed by atoms with Crippen LogP contribution in [0.15, 0.2) is 29.5 Å². The normalized spacial score (nSPS) is 15.1. The molecule has 1 amide bonds.